The van der Waals surface area contributed by atoms with Crippen molar-refractivity contribution in [3.05, 3.63) is 22.4 Å². The third-order valence-corrected chi connectivity index (χ3v) is 5.07. The number of carbonyl (C=O) groups excluding carboxylic acids is 2. The fraction of sp³-hybridized carbons (Fsp3) is 0.571. The number of amides is 2. The second-order valence-electron chi connectivity index (χ2n) is 5.78. The molecule has 4 nitrogen and oxygen atoms in total. The molecular weight excluding hydrogens is 317 g/mol. The first-order valence-corrected chi connectivity index (χ1v) is 7.98. The molecule has 3 heterocycles. The molecule has 8 heteroatoms. The summed E-state index contributed by atoms with van der Waals surface area (Å²) in [5, 5.41) is 3.59. The van der Waals surface area contributed by atoms with Crippen LogP contribution in [0.2, 0.25) is 0 Å². The Morgan fingerprint density at radius 3 is 2.45 bits per heavy atom. The van der Waals surface area contributed by atoms with E-state index in [0.29, 0.717) is 25.1 Å². The minimum absolute atomic E-state index is 0.0535. The fourth-order valence-electron chi connectivity index (χ4n) is 3.27. The first kappa shape index (κ1) is 15.3. The Morgan fingerprint density at radius 2 is 1.82 bits per heavy atom. The lowest BCUT2D eigenvalue weighted by atomic mass is 9.88. The average Bonchev–Trinajstić information content (AvgIpc) is 3.12. The summed E-state index contributed by atoms with van der Waals surface area (Å²) in [6.07, 6.45) is -4.18. The van der Waals surface area contributed by atoms with E-state index in [4.69, 9.17) is 0 Å². The maximum absolute atomic E-state index is 12.5. The molecule has 0 aliphatic carbocycles. The van der Waals surface area contributed by atoms with Gasteiger partial charge in [0.05, 0.1) is 5.56 Å². The van der Waals surface area contributed by atoms with E-state index in [1.807, 2.05) is 5.38 Å². The summed E-state index contributed by atoms with van der Waals surface area (Å²) >= 11 is 1.43. The van der Waals surface area contributed by atoms with Gasteiger partial charge in [0.1, 0.15) is 0 Å². The fourth-order valence-corrected chi connectivity index (χ4v) is 3.90. The van der Waals surface area contributed by atoms with Crippen LogP contribution in [0.3, 0.4) is 0 Å². The number of alkyl halides is 3. The van der Waals surface area contributed by atoms with Crippen molar-refractivity contribution in [3.63, 3.8) is 0 Å². The smallest absolute Gasteiger partial charge is 0.338 e. The van der Waals surface area contributed by atoms with E-state index in [2.05, 4.69) is 0 Å². The highest BCUT2D eigenvalue weighted by molar-refractivity contribution is 7.08. The van der Waals surface area contributed by atoms with Gasteiger partial charge in [0.2, 0.25) is 0 Å². The topological polar surface area (TPSA) is 40.6 Å². The molecule has 2 fully saturated rings. The molecule has 2 aliphatic rings. The van der Waals surface area contributed by atoms with Crippen molar-refractivity contribution in [2.75, 3.05) is 26.2 Å². The molecule has 0 N–H and O–H groups in total. The summed E-state index contributed by atoms with van der Waals surface area (Å²) in [6, 6.07) is 1.74. The Morgan fingerprint density at radius 1 is 1.14 bits per heavy atom. The van der Waals surface area contributed by atoms with Crippen molar-refractivity contribution < 1.29 is 22.8 Å². The Hall–Kier alpha value is -1.57. The van der Waals surface area contributed by atoms with Crippen molar-refractivity contribution >= 4 is 23.2 Å². The minimum Gasteiger partial charge on any atom is -0.338 e. The van der Waals surface area contributed by atoms with Crippen molar-refractivity contribution in [2.45, 2.75) is 12.6 Å². The normalized spacial score (nSPS) is 25.2. The standard InChI is InChI=1S/C14H15F3N2O2S/c15-14(16,17)13(21)19-5-9-1-3-18(6-11(9)7-19)12(20)10-2-4-22-8-10/h2,4,8-9,11H,1,3,5-7H2/t9-,11+/m1/s1. The van der Waals surface area contributed by atoms with Gasteiger partial charge in [-0.25, -0.2) is 0 Å². The summed E-state index contributed by atoms with van der Waals surface area (Å²) in [5.74, 6) is -1.86. The number of carbonyl (C=O) groups is 2. The number of rotatable bonds is 1. The first-order chi connectivity index (χ1) is 10.4. The molecule has 0 unspecified atom stereocenters. The molecule has 0 bridgehead atoms. The highest BCUT2D eigenvalue weighted by atomic mass is 32.1. The van der Waals surface area contributed by atoms with Gasteiger partial charge < -0.3 is 9.80 Å². The van der Waals surface area contributed by atoms with Crippen LogP contribution in [0.5, 0.6) is 0 Å². The van der Waals surface area contributed by atoms with Gasteiger partial charge in [0.15, 0.2) is 0 Å². The number of halogens is 3. The third kappa shape index (κ3) is 2.84. The number of likely N-dealkylation sites (tertiary alicyclic amines) is 2. The number of hydrogen-bond donors (Lipinski definition) is 0. The van der Waals surface area contributed by atoms with Crippen LogP contribution < -0.4 is 0 Å². The molecule has 2 aliphatic heterocycles. The van der Waals surface area contributed by atoms with Crippen LogP contribution in [0, 0.1) is 11.8 Å². The van der Waals surface area contributed by atoms with E-state index in [1.54, 1.807) is 16.3 Å². The van der Waals surface area contributed by atoms with Gasteiger partial charge in [0.25, 0.3) is 5.91 Å². The zero-order chi connectivity index (χ0) is 15.9. The quantitative estimate of drug-likeness (QED) is 0.791. The van der Waals surface area contributed by atoms with Gasteiger partial charge in [-0.2, -0.15) is 24.5 Å². The van der Waals surface area contributed by atoms with Crippen LogP contribution in [0.4, 0.5) is 13.2 Å². The number of thiophene rings is 1. The van der Waals surface area contributed by atoms with Crippen LogP contribution in [0.25, 0.3) is 0 Å². The Kier molecular flexibility index (Phi) is 3.88. The SMILES string of the molecule is O=C(c1ccsc1)N1CC[C@@H]2CN(C(=O)C(F)(F)F)C[C@@H]2C1. The van der Waals surface area contributed by atoms with Crippen molar-refractivity contribution in [1.82, 2.24) is 9.80 Å². The number of fused-ring (bicyclic) bond motifs is 1. The molecule has 1 aromatic rings. The van der Waals surface area contributed by atoms with Gasteiger partial charge in [0, 0.05) is 31.6 Å². The lowest BCUT2D eigenvalue weighted by Crippen LogP contribution is -2.43. The largest absolute Gasteiger partial charge is 0.471 e. The molecule has 1 aromatic heterocycles. The summed E-state index contributed by atoms with van der Waals surface area (Å²) in [4.78, 5) is 26.2. The van der Waals surface area contributed by atoms with E-state index >= 15 is 0 Å². The lowest BCUT2D eigenvalue weighted by molar-refractivity contribution is -0.184. The molecule has 2 amide bonds. The predicted octanol–water partition coefficient (Wildman–Crippen LogP) is 2.23. The van der Waals surface area contributed by atoms with Gasteiger partial charge in [-0.05, 0) is 29.7 Å². The van der Waals surface area contributed by atoms with Gasteiger partial charge in [-0.3, -0.25) is 9.59 Å². The van der Waals surface area contributed by atoms with Gasteiger partial charge in [-0.1, -0.05) is 0 Å². The zero-order valence-corrected chi connectivity index (χ0v) is 12.5. The molecule has 0 radical (unpaired) electrons. The molecule has 0 aromatic carbocycles. The van der Waals surface area contributed by atoms with E-state index in [0.717, 1.165) is 4.90 Å². The lowest BCUT2D eigenvalue weighted by Gasteiger charge is -2.34. The number of piperidine rings is 1. The van der Waals surface area contributed by atoms with Crippen LogP contribution >= 0.6 is 11.3 Å². The van der Waals surface area contributed by atoms with Crippen molar-refractivity contribution in [3.8, 4) is 0 Å². The highest BCUT2D eigenvalue weighted by Crippen LogP contribution is 2.34. The maximum atomic E-state index is 12.5. The molecule has 2 atom stereocenters. The molecule has 2 saturated heterocycles. The van der Waals surface area contributed by atoms with Gasteiger partial charge in [-0.15, -0.1) is 0 Å². The first-order valence-electron chi connectivity index (χ1n) is 7.04. The second-order valence-corrected chi connectivity index (χ2v) is 6.56. The highest BCUT2D eigenvalue weighted by Gasteiger charge is 2.48. The molecule has 0 spiro atoms. The van der Waals surface area contributed by atoms with Crippen LogP contribution in [-0.2, 0) is 4.79 Å². The Labute approximate surface area is 129 Å². The predicted molar refractivity (Wildman–Crippen MR) is 74.5 cm³/mol. The molecule has 0 saturated carbocycles. The third-order valence-electron chi connectivity index (χ3n) is 4.39. The molecule has 3 rings (SSSR count). The number of nitrogens with zero attached hydrogens (tertiary/aromatic N) is 2. The Balaban J connectivity index is 1.65. The molecule has 22 heavy (non-hydrogen) atoms. The van der Waals surface area contributed by atoms with E-state index in [-0.39, 0.29) is 30.8 Å². The minimum atomic E-state index is -4.82. The van der Waals surface area contributed by atoms with Crippen molar-refractivity contribution in [2.24, 2.45) is 11.8 Å². The Bertz CT molecular complexity index is 573. The molecular formula is C14H15F3N2O2S. The molecule has 120 valence electrons. The van der Waals surface area contributed by atoms with E-state index < -0.39 is 12.1 Å². The monoisotopic (exact) mass is 332 g/mol. The summed E-state index contributed by atoms with van der Waals surface area (Å²) < 4.78 is 37.5. The van der Waals surface area contributed by atoms with Crippen LogP contribution in [-0.4, -0.2) is 54.0 Å². The zero-order valence-electron chi connectivity index (χ0n) is 11.7. The summed E-state index contributed by atoms with van der Waals surface area (Å²) in [6.45, 7) is 1.17. The van der Waals surface area contributed by atoms with Crippen LogP contribution in [0.1, 0.15) is 16.8 Å². The van der Waals surface area contributed by atoms with Crippen LogP contribution in [0.15, 0.2) is 16.8 Å². The van der Waals surface area contributed by atoms with E-state index in [1.165, 1.54) is 11.3 Å². The van der Waals surface area contributed by atoms with E-state index in [9.17, 15) is 22.8 Å². The number of hydrogen-bond acceptors (Lipinski definition) is 3. The summed E-state index contributed by atoms with van der Waals surface area (Å²) in [7, 11) is 0. The van der Waals surface area contributed by atoms with Gasteiger partial charge >= 0.3 is 12.1 Å². The summed E-state index contributed by atoms with van der Waals surface area (Å²) in [5.41, 5.74) is 0.615. The average molecular weight is 332 g/mol. The van der Waals surface area contributed by atoms with Crippen molar-refractivity contribution in [1.29, 1.82) is 0 Å². The maximum Gasteiger partial charge on any atom is 0.471 e. The second kappa shape index (κ2) is 5.57.